The Labute approximate surface area is 288 Å². The predicted molar refractivity (Wildman–Crippen MR) is 175 cm³/mol. The predicted octanol–water partition coefficient (Wildman–Crippen LogP) is 3.70. The third kappa shape index (κ3) is 10.4. The molecule has 50 heavy (non-hydrogen) atoms. The molecule has 3 unspecified atom stereocenters. The van der Waals surface area contributed by atoms with E-state index in [0.717, 1.165) is 10.6 Å². The van der Waals surface area contributed by atoms with Gasteiger partial charge in [0.05, 0.1) is 38.1 Å². The van der Waals surface area contributed by atoms with Crippen LogP contribution < -0.4 is 15.8 Å². The number of ether oxygens (including phenoxy) is 6. The zero-order valence-corrected chi connectivity index (χ0v) is 29.0. The van der Waals surface area contributed by atoms with Crippen molar-refractivity contribution < 1.29 is 56.1 Å². The summed E-state index contributed by atoms with van der Waals surface area (Å²) in [6, 6.07) is 15.3. The molecule has 272 valence electrons. The normalized spacial score (nSPS) is 20.2. The molecule has 17 heteroatoms. The number of esters is 1. The molecule has 0 radical (unpaired) electrons. The highest BCUT2D eigenvalue weighted by molar-refractivity contribution is 7.49. The molecular formula is C33H41N2O14P. The number of nitrogens with zero attached hydrogens (tertiary/aromatic N) is 1. The van der Waals surface area contributed by atoms with Crippen LogP contribution in [0.4, 0.5) is 0 Å². The highest BCUT2D eigenvalue weighted by atomic mass is 31.2. The number of benzene rings is 2. The minimum absolute atomic E-state index is 0.0556. The fourth-order valence-electron chi connectivity index (χ4n) is 4.89. The molecule has 1 saturated heterocycles. The number of hydrogen-bond donors (Lipinski definition) is 1. The number of carbonyl (C=O) groups is 2. The Morgan fingerprint density at radius 3 is 2.34 bits per heavy atom. The Kier molecular flexibility index (Phi) is 14.1. The minimum Gasteiger partial charge on any atom is -0.457 e. The number of phosphoric acid groups is 1. The zero-order valence-electron chi connectivity index (χ0n) is 28.1. The minimum atomic E-state index is -4.66. The number of carbonyl (C=O) groups excluding carboxylic acids is 2. The molecule has 0 spiro atoms. The standard InChI is InChI=1S/C33H41N2O14P/c1-5-26-28(29(47-31(38)23-9-7-6-8-10-23)30(46-26)35-16-15-27(37)34-32(35)39)49-50(40,45-22-43-20-19-42-18-17-41-4)48-25-13-11-24(12-14-25)33(2,3)44-21-36/h6-16,21,26,28-30H,5,17-20,22H2,1-4H3,(H,34,37,39)/t26-,28?,29?,30-,50?/m1/s1. The lowest BCUT2D eigenvalue weighted by molar-refractivity contribution is -0.141. The van der Waals surface area contributed by atoms with Crippen molar-refractivity contribution in [3.05, 3.63) is 98.8 Å². The molecule has 0 amide bonds. The molecule has 1 fully saturated rings. The number of phosphoric ester groups is 1. The lowest BCUT2D eigenvalue weighted by atomic mass is 9.98. The average molecular weight is 721 g/mol. The molecule has 1 aromatic heterocycles. The van der Waals surface area contributed by atoms with Gasteiger partial charge in [-0.25, -0.2) is 18.7 Å². The molecule has 0 bridgehead atoms. The maximum Gasteiger partial charge on any atom is 0.532 e. The third-order valence-electron chi connectivity index (χ3n) is 7.52. The van der Waals surface area contributed by atoms with E-state index in [2.05, 4.69) is 4.98 Å². The van der Waals surface area contributed by atoms with E-state index in [-0.39, 0.29) is 30.9 Å². The van der Waals surface area contributed by atoms with Crippen molar-refractivity contribution in [1.82, 2.24) is 9.55 Å². The van der Waals surface area contributed by atoms with Gasteiger partial charge in [-0.2, -0.15) is 0 Å². The Balaban J connectivity index is 1.64. The van der Waals surface area contributed by atoms with Crippen LogP contribution in [0, 0.1) is 0 Å². The van der Waals surface area contributed by atoms with Gasteiger partial charge in [-0.15, -0.1) is 0 Å². The van der Waals surface area contributed by atoms with Crippen LogP contribution in [0.15, 0.2) is 76.4 Å². The van der Waals surface area contributed by atoms with E-state index in [0.29, 0.717) is 25.2 Å². The smallest absolute Gasteiger partial charge is 0.457 e. The molecule has 1 aliphatic rings. The van der Waals surface area contributed by atoms with E-state index in [1.165, 1.54) is 30.5 Å². The van der Waals surface area contributed by atoms with Gasteiger partial charge < -0.3 is 32.9 Å². The lowest BCUT2D eigenvalue weighted by Gasteiger charge is -2.28. The maximum absolute atomic E-state index is 14.4. The Morgan fingerprint density at radius 1 is 0.980 bits per heavy atom. The van der Waals surface area contributed by atoms with Crippen LogP contribution in [-0.2, 0) is 52.4 Å². The van der Waals surface area contributed by atoms with Crippen molar-refractivity contribution in [2.24, 2.45) is 0 Å². The van der Waals surface area contributed by atoms with Gasteiger partial charge in [0, 0.05) is 19.4 Å². The summed E-state index contributed by atoms with van der Waals surface area (Å²) >= 11 is 0. The average Bonchev–Trinajstić information content (AvgIpc) is 3.42. The van der Waals surface area contributed by atoms with E-state index in [9.17, 15) is 23.7 Å². The zero-order chi connectivity index (χ0) is 36.1. The first-order valence-corrected chi connectivity index (χ1v) is 17.2. The first-order valence-electron chi connectivity index (χ1n) is 15.7. The van der Waals surface area contributed by atoms with Crippen LogP contribution >= 0.6 is 7.82 Å². The summed E-state index contributed by atoms with van der Waals surface area (Å²) in [5.74, 6) is -0.726. The van der Waals surface area contributed by atoms with Gasteiger partial charge in [-0.05, 0) is 50.1 Å². The van der Waals surface area contributed by atoms with Crippen molar-refractivity contribution in [3.8, 4) is 5.75 Å². The Morgan fingerprint density at radius 2 is 1.68 bits per heavy atom. The first-order chi connectivity index (χ1) is 24.0. The monoisotopic (exact) mass is 720 g/mol. The van der Waals surface area contributed by atoms with Crippen molar-refractivity contribution >= 4 is 20.3 Å². The number of aromatic amines is 1. The molecule has 4 rings (SSSR count). The molecule has 1 N–H and O–H groups in total. The van der Waals surface area contributed by atoms with Gasteiger partial charge in [-0.3, -0.25) is 23.7 Å². The fraction of sp³-hybridized carbons (Fsp3) is 0.455. The molecule has 0 aliphatic carbocycles. The summed E-state index contributed by atoms with van der Waals surface area (Å²) in [7, 11) is -3.11. The van der Waals surface area contributed by atoms with Gasteiger partial charge in [0.25, 0.3) is 12.0 Å². The van der Waals surface area contributed by atoms with E-state index >= 15 is 0 Å². The van der Waals surface area contributed by atoms with Crippen LogP contribution in [0.25, 0.3) is 0 Å². The van der Waals surface area contributed by atoms with Crippen molar-refractivity contribution in [2.75, 3.05) is 40.3 Å². The molecular weight excluding hydrogens is 679 g/mol. The number of hydrogen-bond acceptors (Lipinski definition) is 14. The van der Waals surface area contributed by atoms with Crippen LogP contribution in [-0.4, -0.2) is 80.6 Å². The number of methoxy groups -OCH3 is 1. The molecule has 3 aromatic rings. The largest absolute Gasteiger partial charge is 0.532 e. The number of H-pyrrole nitrogens is 1. The molecule has 1 aliphatic heterocycles. The number of nitrogens with one attached hydrogen (secondary N) is 1. The van der Waals surface area contributed by atoms with E-state index in [4.69, 9.17) is 42.0 Å². The maximum atomic E-state index is 14.4. The molecule has 16 nitrogen and oxygen atoms in total. The molecule has 5 atom stereocenters. The molecule has 0 saturated carbocycles. The van der Waals surface area contributed by atoms with Crippen molar-refractivity contribution in [2.45, 2.75) is 57.3 Å². The quantitative estimate of drug-likeness (QED) is 0.0585. The van der Waals surface area contributed by atoms with Crippen LogP contribution in [0.5, 0.6) is 5.75 Å². The lowest BCUT2D eigenvalue weighted by Crippen LogP contribution is -2.41. The highest BCUT2D eigenvalue weighted by Gasteiger charge is 2.52. The first kappa shape index (κ1) is 38.6. The third-order valence-corrected chi connectivity index (χ3v) is 8.88. The second-order valence-electron chi connectivity index (χ2n) is 11.3. The SMILES string of the molecule is CC[C@H]1O[C@@H](n2ccc(=O)[nH]c2=O)C(OC(=O)c2ccccc2)C1OP(=O)(OCOCCOCCOC)Oc1ccc(C(C)(C)OC=O)cc1. The molecule has 2 aromatic carbocycles. The van der Waals surface area contributed by atoms with Crippen LogP contribution in [0.1, 0.15) is 49.3 Å². The second kappa shape index (κ2) is 18.2. The summed E-state index contributed by atoms with van der Waals surface area (Å²) in [5.41, 5.74) is -1.64. The van der Waals surface area contributed by atoms with Crippen molar-refractivity contribution in [3.63, 3.8) is 0 Å². The summed E-state index contributed by atoms with van der Waals surface area (Å²) in [6.07, 6.45) is -3.50. The highest BCUT2D eigenvalue weighted by Crippen LogP contribution is 2.54. The van der Waals surface area contributed by atoms with Gasteiger partial charge in [0.1, 0.15) is 17.5 Å². The van der Waals surface area contributed by atoms with Gasteiger partial charge >= 0.3 is 19.5 Å². The summed E-state index contributed by atoms with van der Waals surface area (Å²) in [4.78, 5) is 51.2. The van der Waals surface area contributed by atoms with E-state index in [1.54, 1.807) is 58.2 Å². The van der Waals surface area contributed by atoms with Gasteiger partial charge in [0.15, 0.2) is 19.1 Å². The summed E-state index contributed by atoms with van der Waals surface area (Å²) in [6.45, 7) is 5.93. The van der Waals surface area contributed by atoms with Crippen LogP contribution in [0.3, 0.4) is 0 Å². The Hall–Kier alpha value is -4.15. The number of aromatic nitrogens is 2. The summed E-state index contributed by atoms with van der Waals surface area (Å²) in [5, 5.41) is 0. The molecule has 2 heterocycles. The summed E-state index contributed by atoms with van der Waals surface area (Å²) < 4.78 is 65.9. The van der Waals surface area contributed by atoms with Gasteiger partial charge in [0.2, 0.25) is 0 Å². The topological polar surface area (TPSA) is 189 Å². The fourth-order valence-corrected chi connectivity index (χ4v) is 6.19. The van der Waals surface area contributed by atoms with Crippen LogP contribution in [0.2, 0.25) is 0 Å². The van der Waals surface area contributed by atoms with E-state index < -0.39 is 62.0 Å². The van der Waals surface area contributed by atoms with E-state index in [1.807, 2.05) is 0 Å². The second-order valence-corrected chi connectivity index (χ2v) is 12.9. The van der Waals surface area contributed by atoms with Crippen molar-refractivity contribution in [1.29, 1.82) is 0 Å². The number of rotatable bonds is 20. The van der Waals surface area contributed by atoms with Gasteiger partial charge in [-0.1, -0.05) is 37.3 Å². The Bertz CT molecular complexity index is 1690.